The predicted octanol–water partition coefficient (Wildman–Crippen LogP) is 4.34. The summed E-state index contributed by atoms with van der Waals surface area (Å²) in [5, 5.41) is 10.1. The molecule has 0 fully saturated rings. The molecular formula is C25H28O6. The summed E-state index contributed by atoms with van der Waals surface area (Å²) in [7, 11) is 1.29. The molecule has 2 aromatic rings. The maximum absolute atomic E-state index is 13.6. The van der Waals surface area contributed by atoms with Crippen molar-refractivity contribution >= 4 is 11.8 Å². The fraction of sp³-hybridized carbons (Fsp3) is 0.280. The zero-order chi connectivity index (χ0) is 23.0. The van der Waals surface area contributed by atoms with Gasteiger partial charge in [-0.25, -0.2) is 0 Å². The maximum Gasteiger partial charge on any atom is 0.310 e. The highest BCUT2D eigenvalue weighted by Gasteiger charge is 2.27. The van der Waals surface area contributed by atoms with Crippen molar-refractivity contribution in [2.45, 2.75) is 26.7 Å². The minimum Gasteiger partial charge on any atom is -0.508 e. The van der Waals surface area contributed by atoms with Gasteiger partial charge in [0, 0.05) is 11.6 Å². The second-order valence-corrected chi connectivity index (χ2v) is 6.84. The molecule has 0 bridgehead atoms. The van der Waals surface area contributed by atoms with E-state index >= 15 is 0 Å². The lowest BCUT2D eigenvalue weighted by atomic mass is 9.89. The van der Waals surface area contributed by atoms with Crippen molar-refractivity contribution in [1.29, 1.82) is 0 Å². The van der Waals surface area contributed by atoms with Crippen LogP contribution < -0.4 is 9.47 Å². The molecule has 0 saturated heterocycles. The fourth-order valence-electron chi connectivity index (χ4n) is 3.21. The smallest absolute Gasteiger partial charge is 0.310 e. The number of ketones is 1. The van der Waals surface area contributed by atoms with Gasteiger partial charge in [-0.05, 0) is 36.1 Å². The van der Waals surface area contributed by atoms with E-state index in [9.17, 15) is 14.7 Å². The Morgan fingerprint density at radius 2 is 1.68 bits per heavy atom. The van der Waals surface area contributed by atoms with Gasteiger partial charge in [0.1, 0.15) is 30.5 Å². The number of phenolic OH excluding ortho intramolecular Hbond substituents is 1. The highest BCUT2D eigenvalue weighted by molar-refractivity contribution is 6.12. The van der Waals surface area contributed by atoms with E-state index in [0.717, 1.165) is 0 Å². The Morgan fingerprint density at radius 3 is 2.23 bits per heavy atom. The average molecular weight is 424 g/mol. The number of aryl methyl sites for hydroxylation is 1. The van der Waals surface area contributed by atoms with E-state index in [4.69, 9.17) is 14.2 Å². The minimum atomic E-state index is -0.494. The van der Waals surface area contributed by atoms with E-state index in [1.807, 2.05) is 6.92 Å². The number of benzene rings is 2. The third-order valence-corrected chi connectivity index (χ3v) is 4.79. The van der Waals surface area contributed by atoms with Gasteiger partial charge < -0.3 is 19.3 Å². The van der Waals surface area contributed by atoms with Gasteiger partial charge in [0.05, 0.1) is 19.1 Å². The Kier molecular flexibility index (Phi) is 8.43. The van der Waals surface area contributed by atoms with E-state index in [-0.39, 0.29) is 48.0 Å². The number of aromatic hydroxyl groups is 1. The van der Waals surface area contributed by atoms with Gasteiger partial charge in [0.2, 0.25) is 0 Å². The van der Waals surface area contributed by atoms with Crippen molar-refractivity contribution in [2.24, 2.45) is 0 Å². The molecule has 0 radical (unpaired) electrons. The largest absolute Gasteiger partial charge is 0.508 e. The monoisotopic (exact) mass is 424 g/mol. The highest BCUT2D eigenvalue weighted by atomic mass is 16.5. The number of phenols is 1. The van der Waals surface area contributed by atoms with Gasteiger partial charge in [-0.1, -0.05) is 44.4 Å². The number of carbonyl (C=O) groups excluding carboxylic acids is 2. The number of esters is 1. The van der Waals surface area contributed by atoms with Crippen LogP contribution in [0.4, 0.5) is 0 Å². The van der Waals surface area contributed by atoms with Crippen molar-refractivity contribution in [3.8, 4) is 17.2 Å². The molecule has 0 aliphatic rings. The molecule has 0 unspecified atom stereocenters. The summed E-state index contributed by atoms with van der Waals surface area (Å²) in [5.74, 6) is -0.0938. The normalized spacial score (nSPS) is 10.3. The van der Waals surface area contributed by atoms with Gasteiger partial charge in [-0.3, -0.25) is 9.59 Å². The van der Waals surface area contributed by atoms with Crippen molar-refractivity contribution in [3.63, 3.8) is 0 Å². The molecule has 0 aliphatic heterocycles. The van der Waals surface area contributed by atoms with Crippen LogP contribution in [0.2, 0.25) is 0 Å². The summed E-state index contributed by atoms with van der Waals surface area (Å²) in [6.45, 7) is 11.4. The fourth-order valence-corrected chi connectivity index (χ4v) is 3.21. The molecule has 0 aliphatic carbocycles. The van der Waals surface area contributed by atoms with Crippen LogP contribution in [0.15, 0.2) is 49.6 Å². The van der Waals surface area contributed by atoms with E-state index < -0.39 is 5.97 Å². The zero-order valence-corrected chi connectivity index (χ0v) is 18.2. The van der Waals surface area contributed by atoms with Crippen LogP contribution in [0.5, 0.6) is 17.2 Å². The Morgan fingerprint density at radius 1 is 1.03 bits per heavy atom. The first-order valence-corrected chi connectivity index (χ1v) is 9.95. The van der Waals surface area contributed by atoms with Crippen LogP contribution in [0.3, 0.4) is 0 Å². The molecule has 6 heteroatoms. The Bertz CT molecular complexity index is 990. The summed E-state index contributed by atoms with van der Waals surface area (Å²) in [5.41, 5.74) is 2.34. The molecule has 164 valence electrons. The minimum absolute atomic E-state index is 0.00980. The van der Waals surface area contributed by atoms with Crippen molar-refractivity contribution in [1.82, 2.24) is 0 Å². The lowest BCUT2D eigenvalue weighted by Crippen LogP contribution is -2.16. The lowest BCUT2D eigenvalue weighted by Gasteiger charge is -2.21. The van der Waals surface area contributed by atoms with Gasteiger partial charge in [0.25, 0.3) is 0 Å². The SMILES string of the molecule is C=CCOc1cc(OCC=C)c(C(=O)c2ccc(C)c(O)c2)c(CC(=O)OC)c1CC. The van der Waals surface area contributed by atoms with Crippen molar-refractivity contribution < 1.29 is 28.9 Å². The predicted molar refractivity (Wildman–Crippen MR) is 119 cm³/mol. The molecule has 1 N–H and O–H groups in total. The van der Waals surface area contributed by atoms with Gasteiger partial charge >= 0.3 is 5.97 Å². The number of hydrogen-bond donors (Lipinski definition) is 1. The first-order chi connectivity index (χ1) is 14.9. The van der Waals surface area contributed by atoms with Gasteiger partial charge in [-0.15, -0.1) is 0 Å². The maximum atomic E-state index is 13.6. The lowest BCUT2D eigenvalue weighted by molar-refractivity contribution is -0.139. The summed E-state index contributed by atoms with van der Waals surface area (Å²) in [6, 6.07) is 6.35. The number of hydrogen-bond acceptors (Lipinski definition) is 6. The van der Waals surface area contributed by atoms with E-state index in [1.165, 1.54) is 13.2 Å². The third kappa shape index (κ3) is 5.54. The molecule has 0 saturated carbocycles. The van der Waals surface area contributed by atoms with Crippen LogP contribution in [0, 0.1) is 6.92 Å². The molecule has 0 atom stereocenters. The second-order valence-electron chi connectivity index (χ2n) is 6.84. The molecule has 0 aromatic heterocycles. The molecule has 0 heterocycles. The molecule has 0 amide bonds. The first kappa shape index (κ1) is 23.7. The standard InChI is InChI=1S/C25H28O6/c1-6-11-30-21-15-22(31-12-7-2)24(19(18(21)8-3)14-23(27)29-5)25(28)17-10-9-16(4)20(26)13-17/h6-7,9-10,13,15,26H,1-2,8,11-12,14H2,3-5H3. The summed E-state index contributed by atoms with van der Waals surface area (Å²) >= 11 is 0. The van der Waals surface area contributed by atoms with Crippen LogP contribution in [0.1, 0.15) is 39.5 Å². The molecular weight excluding hydrogens is 396 g/mol. The summed E-state index contributed by atoms with van der Waals surface area (Å²) in [4.78, 5) is 25.8. The van der Waals surface area contributed by atoms with Gasteiger partial charge in [-0.2, -0.15) is 0 Å². The van der Waals surface area contributed by atoms with Crippen molar-refractivity contribution in [2.75, 3.05) is 20.3 Å². The second kappa shape index (κ2) is 11.0. The topological polar surface area (TPSA) is 82.1 Å². The molecule has 31 heavy (non-hydrogen) atoms. The highest BCUT2D eigenvalue weighted by Crippen LogP contribution is 2.37. The van der Waals surface area contributed by atoms with Crippen LogP contribution in [-0.2, 0) is 22.4 Å². The molecule has 0 spiro atoms. The summed E-state index contributed by atoms with van der Waals surface area (Å²) in [6.07, 6.45) is 3.55. The number of ether oxygens (including phenoxy) is 3. The molecule has 2 aromatic carbocycles. The average Bonchev–Trinajstić information content (AvgIpc) is 2.77. The number of methoxy groups -OCH3 is 1. The zero-order valence-electron chi connectivity index (χ0n) is 18.2. The van der Waals surface area contributed by atoms with Crippen LogP contribution in [0.25, 0.3) is 0 Å². The van der Waals surface area contributed by atoms with E-state index in [1.54, 1.807) is 37.3 Å². The Hall–Kier alpha value is -3.54. The number of carbonyl (C=O) groups is 2. The quantitative estimate of drug-likeness (QED) is 0.328. The first-order valence-electron chi connectivity index (χ1n) is 9.95. The number of rotatable bonds is 11. The van der Waals surface area contributed by atoms with Crippen LogP contribution in [-0.4, -0.2) is 37.2 Å². The summed E-state index contributed by atoms with van der Waals surface area (Å²) < 4.78 is 16.5. The van der Waals surface area contributed by atoms with Crippen LogP contribution >= 0.6 is 0 Å². The molecule has 6 nitrogen and oxygen atoms in total. The van der Waals surface area contributed by atoms with Gasteiger partial charge in [0.15, 0.2) is 5.78 Å². The third-order valence-electron chi connectivity index (χ3n) is 4.79. The Labute approximate surface area is 182 Å². The van der Waals surface area contributed by atoms with Crippen molar-refractivity contribution in [3.05, 3.63) is 77.4 Å². The van der Waals surface area contributed by atoms with E-state index in [2.05, 4.69) is 13.2 Å². The molecule has 2 rings (SSSR count). The van der Waals surface area contributed by atoms with E-state index in [0.29, 0.717) is 28.9 Å². The Balaban J connectivity index is 2.79.